The second-order valence-electron chi connectivity index (χ2n) is 9.32. The van der Waals surface area contributed by atoms with Crippen LogP contribution in [0.3, 0.4) is 0 Å². The van der Waals surface area contributed by atoms with Crippen LogP contribution in [0.25, 0.3) is 6.08 Å². The van der Waals surface area contributed by atoms with Gasteiger partial charge in [-0.2, -0.15) is 0 Å². The van der Waals surface area contributed by atoms with Crippen LogP contribution < -0.4 is 9.47 Å². The van der Waals surface area contributed by atoms with E-state index < -0.39 is 4.92 Å². The molecule has 1 fully saturated rings. The van der Waals surface area contributed by atoms with Gasteiger partial charge in [-0.05, 0) is 64.4 Å². The summed E-state index contributed by atoms with van der Waals surface area (Å²) in [6.45, 7) is 0.991. The quantitative estimate of drug-likeness (QED) is 0.106. The first-order valence-corrected chi connectivity index (χ1v) is 14.2. The topological polar surface area (TPSA) is 94.3 Å². The van der Waals surface area contributed by atoms with Gasteiger partial charge in [0, 0.05) is 12.1 Å². The molecule has 4 aromatic rings. The zero-order valence-corrected chi connectivity index (χ0v) is 24.2. The van der Waals surface area contributed by atoms with Crippen LogP contribution in [0.4, 0.5) is 5.69 Å². The smallest absolute Gasteiger partial charge is 0.269 e. The average molecular weight is 600 g/mol. The van der Waals surface area contributed by atoms with Gasteiger partial charge in [-0.3, -0.25) is 24.8 Å². The van der Waals surface area contributed by atoms with Crippen LogP contribution in [-0.2, 0) is 24.5 Å². The van der Waals surface area contributed by atoms with E-state index in [1.54, 1.807) is 35.2 Å². The first-order valence-electron chi connectivity index (χ1n) is 13.0. The van der Waals surface area contributed by atoms with Crippen LogP contribution in [0.15, 0.2) is 107 Å². The molecule has 0 N–H and O–H groups in total. The van der Waals surface area contributed by atoms with Crippen molar-refractivity contribution in [1.82, 2.24) is 4.90 Å². The Labute approximate surface area is 252 Å². The van der Waals surface area contributed by atoms with Crippen molar-refractivity contribution in [2.75, 3.05) is 7.11 Å². The fourth-order valence-electron chi connectivity index (χ4n) is 4.26. The molecule has 1 aliphatic heterocycles. The van der Waals surface area contributed by atoms with Gasteiger partial charge in [-0.25, -0.2) is 0 Å². The maximum atomic E-state index is 13.6. The zero-order chi connectivity index (χ0) is 29.5. The van der Waals surface area contributed by atoms with Crippen molar-refractivity contribution in [1.29, 1.82) is 0 Å². The van der Waals surface area contributed by atoms with Crippen LogP contribution >= 0.6 is 23.4 Å². The van der Waals surface area contributed by atoms with Crippen LogP contribution in [0.5, 0.6) is 11.5 Å². The highest BCUT2D eigenvalue weighted by atomic mass is 35.5. The number of halogens is 1. The summed E-state index contributed by atoms with van der Waals surface area (Å²) in [6.07, 6.45) is 1.77. The summed E-state index contributed by atoms with van der Waals surface area (Å²) in [7, 11) is 1.51. The number of amidine groups is 1. The van der Waals surface area contributed by atoms with Crippen molar-refractivity contribution in [2.24, 2.45) is 4.99 Å². The third-order valence-electron chi connectivity index (χ3n) is 6.39. The molecule has 0 radical (unpaired) electrons. The Morgan fingerprint density at radius 3 is 2.26 bits per heavy atom. The highest BCUT2D eigenvalue weighted by molar-refractivity contribution is 8.18. The molecule has 42 heavy (non-hydrogen) atoms. The molecule has 0 unspecified atom stereocenters. The molecule has 1 heterocycles. The van der Waals surface area contributed by atoms with Crippen LogP contribution in [-0.4, -0.2) is 28.0 Å². The fraction of sp³-hybridized carbons (Fsp3) is 0.125. The van der Waals surface area contributed by atoms with E-state index in [-0.39, 0.29) is 18.2 Å². The molecular weight excluding hydrogens is 574 g/mol. The Morgan fingerprint density at radius 2 is 1.62 bits per heavy atom. The van der Waals surface area contributed by atoms with E-state index in [1.165, 1.54) is 31.0 Å². The molecule has 1 amide bonds. The largest absolute Gasteiger partial charge is 0.493 e. The van der Waals surface area contributed by atoms with Gasteiger partial charge in [-0.1, -0.05) is 72.3 Å². The summed E-state index contributed by atoms with van der Waals surface area (Å²) in [4.78, 5) is 31.0. The molecule has 212 valence electrons. The summed E-state index contributed by atoms with van der Waals surface area (Å²) in [5, 5.41) is 11.8. The van der Waals surface area contributed by atoms with Gasteiger partial charge in [0.15, 0.2) is 16.7 Å². The Kier molecular flexibility index (Phi) is 9.21. The number of hydrogen-bond donors (Lipinski definition) is 0. The molecule has 5 rings (SSSR count). The highest BCUT2D eigenvalue weighted by Gasteiger charge is 2.33. The third-order valence-corrected chi connectivity index (χ3v) is 7.72. The maximum Gasteiger partial charge on any atom is 0.269 e. The first-order chi connectivity index (χ1) is 20.4. The number of nitro groups is 1. The lowest BCUT2D eigenvalue weighted by Gasteiger charge is -2.16. The lowest BCUT2D eigenvalue weighted by molar-refractivity contribution is -0.384. The number of hydrogen-bond acceptors (Lipinski definition) is 7. The molecule has 1 aliphatic rings. The van der Waals surface area contributed by atoms with E-state index in [1.807, 2.05) is 60.7 Å². The van der Waals surface area contributed by atoms with Gasteiger partial charge in [-0.15, -0.1) is 0 Å². The number of methoxy groups -OCH3 is 1. The minimum absolute atomic E-state index is 0.00156. The molecule has 0 saturated carbocycles. The monoisotopic (exact) mass is 599 g/mol. The Bertz CT molecular complexity index is 1640. The number of non-ortho nitro benzene ring substituents is 1. The standard InChI is InChI=1S/C32H26ClN3O5S/c1-40-28-17-25(16-27(33)30(28)41-21-24-12-14-26(15-13-24)36(38)39)18-29-31(37)35(20-23-10-6-3-7-11-23)32(42-29)34-19-22-8-4-2-5-9-22/h2-18H,19-21H2,1H3/b29-18+,34-32?. The van der Waals surface area contributed by atoms with Crippen LogP contribution in [0.2, 0.25) is 5.02 Å². The number of ether oxygens (including phenoxy) is 2. The summed E-state index contributed by atoms with van der Waals surface area (Å²) in [5.41, 5.74) is 3.45. The van der Waals surface area contributed by atoms with Gasteiger partial charge in [0.05, 0.1) is 35.1 Å². The second-order valence-corrected chi connectivity index (χ2v) is 10.7. The lowest BCUT2D eigenvalue weighted by Crippen LogP contribution is -2.28. The normalized spacial score (nSPS) is 14.9. The first kappa shape index (κ1) is 28.9. The van der Waals surface area contributed by atoms with Crippen LogP contribution in [0, 0.1) is 10.1 Å². The molecule has 0 bridgehead atoms. The minimum Gasteiger partial charge on any atom is -0.493 e. The Morgan fingerprint density at radius 1 is 0.952 bits per heavy atom. The number of carbonyl (C=O) groups is 1. The van der Waals surface area contributed by atoms with Crippen molar-refractivity contribution >= 4 is 46.2 Å². The molecule has 0 atom stereocenters. The van der Waals surface area contributed by atoms with Crippen molar-refractivity contribution in [3.05, 3.63) is 139 Å². The highest BCUT2D eigenvalue weighted by Crippen LogP contribution is 2.40. The van der Waals surface area contributed by atoms with Crippen molar-refractivity contribution in [3.8, 4) is 11.5 Å². The molecule has 4 aromatic carbocycles. The van der Waals surface area contributed by atoms with Crippen molar-refractivity contribution in [3.63, 3.8) is 0 Å². The number of carbonyl (C=O) groups excluding carboxylic acids is 1. The van der Waals surface area contributed by atoms with E-state index in [0.717, 1.165) is 16.7 Å². The number of thioether (sulfide) groups is 1. The van der Waals surface area contributed by atoms with Gasteiger partial charge in [0.2, 0.25) is 0 Å². The number of rotatable bonds is 10. The molecule has 10 heteroatoms. The predicted octanol–water partition coefficient (Wildman–Crippen LogP) is 7.51. The van der Waals surface area contributed by atoms with Gasteiger partial charge < -0.3 is 9.47 Å². The van der Waals surface area contributed by atoms with Crippen LogP contribution in [0.1, 0.15) is 22.3 Å². The van der Waals surface area contributed by atoms with E-state index >= 15 is 0 Å². The second kappa shape index (κ2) is 13.4. The van der Waals surface area contributed by atoms with E-state index in [4.69, 9.17) is 26.1 Å². The molecule has 0 spiro atoms. The SMILES string of the molecule is COc1cc(/C=C2/SC(=NCc3ccccc3)N(Cc3ccccc3)C2=O)cc(Cl)c1OCc1ccc([N+](=O)[O-])cc1. The molecule has 0 aromatic heterocycles. The number of nitrogens with zero attached hydrogens (tertiary/aromatic N) is 3. The Hall–Kier alpha value is -4.60. The van der Waals surface area contributed by atoms with E-state index in [9.17, 15) is 14.9 Å². The average Bonchev–Trinajstić information content (AvgIpc) is 3.29. The summed E-state index contributed by atoms with van der Waals surface area (Å²) in [5.74, 6) is 0.580. The van der Waals surface area contributed by atoms with Crippen molar-refractivity contribution in [2.45, 2.75) is 19.7 Å². The summed E-state index contributed by atoms with van der Waals surface area (Å²) >= 11 is 7.92. The van der Waals surface area contributed by atoms with E-state index in [2.05, 4.69) is 0 Å². The maximum absolute atomic E-state index is 13.6. The molecule has 1 saturated heterocycles. The lowest BCUT2D eigenvalue weighted by atomic mass is 10.1. The number of benzene rings is 4. The van der Waals surface area contributed by atoms with Crippen molar-refractivity contribution < 1.29 is 19.2 Å². The fourth-order valence-corrected chi connectivity index (χ4v) is 5.51. The van der Waals surface area contributed by atoms with E-state index in [0.29, 0.717) is 45.2 Å². The molecule has 8 nitrogen and oxygen atoms in total. The number of nitro benzene ring substituents is 1. The minimum atomic E-state index is -0.454. The summed E-state index contributed by atoms with van der Waals surface area (Å²) < 4.78 is 11.5. The number of aliphatic imine (C=N–C) groups is 1. The Balaban J connectivity index is 1.38. The van der Waals surface area contributed by atoms with Gasteiger partial charge in [0.1, 0.15) is 6.61 Å². The van der Waals surface area contributed by atoms with Gasteiger partial charge >= 0.3 is 0 Å². The molecular formula is C32H26ClN3O5S. The summed E-state index contributed by atoms with van der Waals surface area (Å²) in [6, 6.07) is 29.2. The third kappa shape index (κ3) is 6.99. The molecule has 0 aliphatic carbocycles. The van der Waals surface area contributed by atoms with Gasteiger partial charge in [0.25, 0.3) is 11.6 Å². The number of amides is 1. The zero-order valence-electron chi connectivity index (χ0n) is 22.6. The predicted molar refractivity (Wildman–Crippen MR) is 166 cm³/mol.